The van der Waals surface area contributed by atoms with E-state index in [2.05, 4.69) is 15.3 Å². The van der Waals surface area contributed by atoms with Gasteiger partial charge in [-0.1, -0.05) is 30.3 Å². The van der Waals surface area contributed by atoms with Crippen LogP contribution in [0.5, 0.6) is 5.75 Å². The number of hydrogen-bond donors (Lipinski definition) is 1. The number of nitro groups is 1. The summed E-state index contributed by atoms with van der Waals surface area (Å²) in [5.41, 5.74) is 2.90. The number of benzene rings is 2. The monoisotopic (exact) mass is 421 g/mol. The lowest BCUT2D eigenvalue weighted by Crippen LogP contribution is -2.36. The topological polar surface area (TPSA) is 103 Å². The first kappa shape index (κ1) is 20.5. The minimum atomic E-state index is -0.387. The summed E-state index contributed by atoms with van der Waals surface area (Å²) >= 11 is 0. The van der Waals surface area contributed by atoms with Crippen molar-refractivity contribution in [3.8, 4) is 5.75 Å². The molecular weight excluding hydrogens is 398 g/mol. The van der Waals surface area contributed by atoms with E-state index in [1.54, 1.807) is 12.3 Å². The van der Waals surface area contributed by atoms with Crippen LogP contribution in [0.2, 0.25) is 0 Å². The summed E-state index contributed by atoms with van der Waals surface area (Å²) in [5, 5.41) is 14.9. The van der Waals surface area contributed by atoms with E-state index < -0.39 is 0 Å². The van der Waals surface area contributed by atoms with Crippen molar-refractivity contribution in [3.63, 3.8) is 0 Å². The Bertz CT molecular complexity index is 1060. The van der Waals surface area contributed by atoms with Crippen LogP contribution in [-0.2, 0) is 11.2 Å². The molecule has 1 aliphatic heterocycles. The molecule has 0 amide bonds. The molecule has 0 atom stereocenters. The van der Waals surface area contributed by atoms with E-state index in [0.717, 1.165) is 11.3 Å². The maximum absolute atomic E-state index is 11.8. The minimum absolute atomic E-state index is 0.00867. The summed E-state index contributed by atoms with van der Waals surface area (Å²) < 4.78 is 10.9. The Morgan fingerprint density at radius 3 is 2.68 bits per heavy atom. The van der Waals surface area contributed by atoms with Crippen LogP contribution in [0.4, 0.5) is 23.0 Å². The molecule has 160 valence electrons. The van der Waals surface area contributed by atoms with E-state index in [4.69, 9.17) is 9.47 Å². The third kappa shape index (κ3) is 4.89. The molecule has 0 bridgehead atoms. The lowest BCUT2D eigenvalue weighted by atomic mass is 10.1. The molecule has 2 heterocycles. The van der Waals surface area contributed by atoms with Gasteiger partial charge in [-0.05, 0) is 11.6 Å². The second-order valence-corrected chi connectivity index (χ2v) is 7.06. The largest absolute Gasteiger partial charge is 0.494 e. The van der Waals surface area contributed by atoms with Gasteiger partial charge in [0.1, 0.15) is 11.4 Å². The maximum atomic E-state index is 11.8. The van der Waals surface area contributed by atoms with Crippen LogP contribution in [0.3, 0.4) is 0 Å². The highest BCUT2D eigenvalue weighted by Gasteiger charge is 2.25. The van der Waals surface area contributed by atoms with Crippen molar-refractivity contribution in [1.29, 1.82) is 0 Å². The highest BCUT2D eigenvalue weighted by molar-refractivity contribution is 5.76. The van der Waals surface area contributed by atoms with Gasteiger partial charge in [0.25, 0.3) is 5.69 Å². The molecule has 3 aromatic rings. The zero-order valence-electron chi connectivity index (χ0n) is 17.2. The third-order valence-corrected chi connectivity index (χ3v) is 5.03. The lowest BCUT2D eigenvalue weighted by molar-refractivity contribution is -0.384. The van der Waals surface area contributed by atoms with Gasteiger partial charge in [0.05, 0.1) is 36.6 Å². The average molecular weight is 421 g/mol. The van der Waals surface area contributed by atoms with Crippen LogP contribution in [0, 0.1) is 10.1 Å². The Balaban J connectivity index is 1.62. The lowest BCUT2D eigenvalue weighted by Gasteiger charge is -2.29. The van der Waals surface area contributed by atoms with Crippen molar-refractivity contribution in [2.45, 2.75) is 6.42 Å². The summed E-state index contributed by atoms with van der Waals surface area (Å²) in [6, 6.07) is 15.0. The summed E-state index contributed by atoms with van der Waals surface area (Å²) in [6.07, 6.45) is 2.32. The molecule has 0 saturated carbocycles. The smallest absolute Gasteiger partial charge is 0.294 e. The standard InChI is InChI=1S/C22H23N5O4/c1-30-21-15-19(26-9-11-31-12-10-26)20(27(28)29)14-18(21)25-22-23-8-7-17(24-22)13-16-5-3-2-4-6-16/h2-8,14-15H,9-13H2,1H3,(H,23,24,25). The summed E-state index contributed by atoms with van der Waals surface area (Å²) in [5.74, 6) is 0.823. The van der Waals surface area contributed by atoms with Crippen LogP contribution < -0.4 is 15.0 Å². The molecule has 2 aromatic carbocycles. The van der Waals surface area contributed by atoms with Crippen molar-refractivity contribution >= 4 is 23.0 Å². The molecular formula is C22H23N5O4. The van der Waals surface area contributed by atoms with Gasteiger partial charge in [-0.15, -0.1) is 0 Å². The molecule has 1 saturated heterocycles. The first-order chi connectivity index (χ1) is 15.1. The number of rotatable bonds is 7. The first-order valence-electron chi connectivity index (χ1n) is 9.96. The molecule has 1 N–H and O–H groups in total. The Morgan fingerprint density at radius 2 is 1.97 bits per heavy atom. The molecule has 0 aliphatic carbocycles. The van der Waals surface area contributed by atoms with E-state index >= 15 is 0 Å². The van der Waals surface area contributed by atoms with Gasteiger partial charge in [0.15, 0.2) is 0 Å². The van der Waals surface area contributed by atoms with Gasteiger partial charge in [0.2, 0.25) is 5.95 Å². The van der Waals surface area contributed by atoms with Crippen molar-refractivity contribution in [2.24, 2.45) is 0 Å². The third-order valence-electron chi connectivity index (χ3n) is 5.03. The normalized spacial score (nSPS) is 13.6. The molecule has 9 nitrogen and oxygen atoms in total. The number of ether oxygens (including phenoxy) is 2. The molecule has 0 unspecified atom stereocenters. The molecule has 0 radical (unpaired) electrons. The Hall–Kier alpha value is -3.72. The van der Waals surface area contributed by atoms with Gasteiger partial charge >= 0.3 is 0 Å². The highest BCUT2D eigenvalue weighted by atomic mass is 16.6. The van der Waals surface area contributed by atoms with Gasteiger partial charge in [-0.2, -0.15) is 0 Å². The van der Waals surface area contributed by atoms with Crippen molar-refractivity contribution in [3.05, 3.63) is 76.1 Å². The molecule has 9 heteroatoms. The molecule has 4 rings (SSSR count). The SMILES string of the molecule is COc1cc(N2CCOCC2)c([N+](=O)[O-])cc1Nc1nccc(Cc2ccccc2)n1. The second kappa shape index (κ2) is 9.40. The maximum Gasteiger partial charge on any atom is 0.294 e. The number of nitrogens with one attached hydrogen (secondary N) is 1. The number of nitrogens with zero attached hydrogens (tertiary/aromatic N) is 4. The summed E-state index contributed by atoms with van der Waals surface area (Å²) in [6.45, 7) is 2.23. The Morgan fingerprint density at radius 1 is 1.19 bits per heavy atom. The zero-order valence-corrected chi connectivity index (χ0v) is 17.2. The second-order valence-electron chi connectivity index (χ2n) is 7.06. The highest BCUT2D eigenvalue weighted by Crippen LogP contribution is 2.39. The number of morpholine rings is 1. The van der Waals surface area contributed by atoms with Crippen molar-refractivity contribution in [2.75, 3.05) is 43.6 Å². The number of hydrogen-bond acceptors (Lipinski definition) is 8. The van der Waals surface area contributed by atoms with Gasteiger partial charge < -0.3 is 19.7 Å². The van der Waals surface area contributed by atoms with E-state index in [9.17, 15) is 10.1 Å². The van der Waals surface area contributed by atoms with E-state index in [1.807, 2.05) is 41.3 Å². The fourth-order valence-electron chi connectivity index (χ4n) is 3.51. The van der Waals surface area contributed by atoms with Crippen LogP contribution in [0.15, 0.2) is 54.7 Å². The number of nitro benzene ring substituents is 1. The molecule has 1 aromatic heterocycles. The Labute approximate surface area is 179 Å². The molecule has 0 spiro atoms. The fraction of sp³-hybridized carbons (Fsp3) is 0.273. The Kier molecular flexibility index (Phi) is 6.23. The summed E-state index contributed by atoms with van der Waals surface area (Å²) in [7, 11) is 1.53. The van der Waals surface area contributed by atoms with Crippen LogP contribution in [0.1, 0.15) is 11.3 Å². The van der Waals surface area contributed by atoms with E-state index in [-0.39, 0.29) is 10.6 Å². The predicted molar refractivity (Wildman–Crippen MR) is 117 cm³/mol. The fourth-order valence-corrected chi connectivity index (χ4v) is 3.51. The van der Waals surface area contributed by atoms with Crippen molar-refractivity contribution < 1.29 is 14.4 Å². The molecule has 1 fully saturated rings. The molecule has 31 heavy (non-hydrogen) atoms. The van der Waals surface area contributed by atoms with Gasteiger partial charge in [-0.25, -0.2) is 9.97 Å². The number of methoxy groups -OCH3 is 1. The average Bonchev–Trinajstić information content (AvgIpc) is 2.80. The number of anilines is 3. The van der Waals surface area contributed by atoms with E-state index in [1.165, 1.54) is 13.2 Å². The number of aromatic nitrogens is 2. The molecule has 1 aliphatic rings. The van der Waals surface area contributed by atoms with Crippen LogP contribution in [0.25, 0.3) is 0 Å². The van der Waals surface area contributed by atoms with Crippen molar-refractivity contribution in [1.82, 2.24) is 9.97 Å². The van der Waals surface area contributed by atoms with Crippen LogP contribution >= 0.6 is 0 Å². The zero-order chi connectivity index (χ0) is 21.6. The van der Waals surface area contributed by atoms with Crippen LogP contribution in [-0.4, -0.2) is 48.3 Å². The first-order valence-corrected chi connectivity index (χ1v) is 9.96. The quantitative estimate of drug-likeness (QED) is 0.456. The van der Waals surface area contributed by atoms with Gasteiger partial charge in [0, 0.05) is 37.8 Å². The minimum Gasteiger partial charge on any atom is -0.494 e. The van der Waals surface area contributed by atoms with E-state index in [0.29, 0.717) is 55.8 Å². The van der Waals surface area contributed by atoms with Gasteiger partial charge in [-0.3, -0.25) is 10.1 Å². The summed E-state index contributed by atoms with van der Waals surface area (Å²) in [4.78, 5) is 22.1. The predicted octanol–water partition coefficient (Wildman–Crippen LogP) is 3.56.